The molecular formula is C17H25N3O. The van der Waals surface area contributed by atoms with E-state index < -0.39 is 0 Å². The van der Waals surface area contributed by atoms with Gasteiger partial charge >= 0.3 is 0 Å². The number of hydrogen-bond donors (Lipinski definition) is 1. The van der Waals surface area contributed by atoms with Crippen LogP contribution in [-0.2, 0) is 0 Å². The average molecular weight is 287 g/mol. The normalized spacial score (nSPS) is 25.4. The highest BCUT2D eigenvalue weighted by molar-refractivity contribution is 5.94. The predicted molar refractivity (Wildman–Crippen MR) is 84.4 cm³/mol. The Morgan fingerprint density at radius 2 is 1.90 bits per heavy atom. The molecule has 0 unspecified atom stereocenters. The van der Waals surface area contributed by atoms with Crippen molar-refractivity contribution < 1.29 is 4.79 Å². The molecule has 4 nitrogen and oxygen atoms in total. The molecule has 1 amide bonds. The summed E-state index contributed by atoms with van der Waals surface area (Å²) < 4.78 is 0. The van der Waals surface area contributed by atoms with Gasteiger partial charge in [-0.2, -0.15) is 0 Å². The van der Waals surface area contributed by atoms with E-state index in [1.807, 2.05) is 24.1 Å². The Kier molecular flexibility index (Phi) is 4.13. The Morgan fingerprint density at radius 3 is 2.48 bits per heavy atom. The van der Waals surface area contributed by atoms with Crippen LogP contribution in [0.4, 0.5) is 5.82 Å². The van der Waals surface area contributed by atoms with Crippen molar-refractivity contribution in [2.75, 3.05) is 12.4 Å². The van der Waals surface area contributed by atoms with Crippen molar-refractivity contribution in [2.24, 2.45) is 5.92 Å². The molecule has 0 aromatic carbocycles. The summed E-state index contributed by atoms with van der Waals surface area (Å²) >= 11 is 0. The number of carbonyl (C=O) groups is 1. The molecule has 1 aromatic rings. The first-order valence-electron chi connectivity index (χ1n) is 8.13. The van der Waals surface area contributed by atoms with Gasteiger partial charge in [-0.25, -0.2) is 4.98 Å². The smallest absolute Gasteiger partial charge is 0.255 e. The van der Waals surface area contributed by atoms with Crippen LogP contribution in [0.5, 0.6) is 0 Å². The molecule has 114 valence electrons. The zero-order valence-electron chi connectivity index (χ0n) is 13.0. The number of pyridine rings is 1. The first kappa shape index (κ1) is 14.4. The molecule has 0 aliphatic heterocycles. The van der Waals surface area contributed by atoms with Crippen molar-refractivity contribution in [3.8, 4) is 0 Å². The Bertz CT molecular complexity index is 487. The zero-order valence-corrected chi connectivity index (χ0v) is 13.0. The lowest BCUT2D eigenvalue weighted by molar-refractivity contribution is 0.0679. The van der Waals surface area contributed by atoms with Crippen molar-refractivity contribution in [1.82, 2.24) is 9.88 Å². The third-order valence-corrected chi connectivity index (χ3v) is 4.79. The fourth-order valence-corrected chi connectivity index (χ4v) is 3.04. The van der Waals surface area contributed by atoms with Crippen LogP contribution in [0.15, 0.2) is 18.3 Å². The van der Waals surface area contributed by atoms with E-state index in [-0.39, 0.29) is 5.91 Å². The highest BCUT2D eigenvalue weighted by Gasteiger charge is 2.26. The highest BCUT2D eigenvalue weighted by Crippen LogP contribution is 2.27. The monoisotopic (exact) mass is 287 g/mol. The molecule has 0 atom stereocenters. The zero-order chi connectivity index (χ0) is 14.8. The number of nitrogens with zero attached hydrogens (tertiary/aromatic N) is 2. The van der Waals surface area contributed by atoms with Crippen LogP contribution in [0.2, 0.25) is 0 Å². The molecule has 0 bridgehead atoms. The molecule has 0 spiro atoms. The SMILES string of the molecule is CC1CCC(N(C)C(=O)c2ccc(NC3CC3)nc2)CC1. The molecule has 21 heavy (non-hydrogen) atoms. The largest absolute Gasteiger partial charge is 0.367 e. The van der Waals surface area contributed by atoms with E-state index in [9.17, 15) is 4.79 Å². The van der Waals surface area contributed by atoms with E-state index in [1.54, 1.807) is 6.20 Å². The van der Waals surface area contributed by atoms with Gasteiger partial charge in [-0.1, -0.05) is 6.92 Å². The summed E-state index contributed by atoms with van der Waals surface area (Å²) in [5.74, 6) is 1.78. The molecule has 1 heterocycles. The van der Waals surface area contributed by atoms with Crippen molar-refractivity contribution >= 4 is 11.7 Å². The lowest BCUT2D eigenvalue weighted by atomic mass is 9.86. The molecule has 4 heteroatoms. The number of rotatable bonds is 4. The van der Waals surface area contributed by atoms with Crippen LogP contribution in [-0.4, -0.2) is 34.9 Å². The number of amides is 1. The van der Waals surface area contributed by atoms with Gasteiger partial charge in [0.25, 0.3) is 5.91 Å². The first-order valence-corrected chi connectivity index (χ1v) is 8.13. The summed E-state index contributed by atoms with van der Waals surface area (Å²) in [5.41, 5.74) is 0.692. The molecule has 1 N–H and O–H groups in total. The third-order valence-electron chi connectivity index (χ3n) is 4.79. The maximum absolute atomic E-state index is 12.5. The van der Waals surface area contributed by atoms with Gasteiger partial charge in [-0.3, -0.25) is 4.79 Å². The molecule has 2 aliphatic rings. The van der Waals surface area contributed by atoms with Gasteiger partial charge in [-0.15, -0.1) is 0 Å². The standard InChI is InChI=1S/C17H25N3O/c1-12-3-8-15(9-4-12)20(2)17(21)13-5-10-16(18-11-13)19-14-6-7-14/h5,10-12,14-15H,3-4,6-9H2,1-2H3,(H,18,19). The van der Waals surface area contributed by atoms with Crippen molar-refractivity contribution in [2.45, 2.75) is 57.5 Å². The predicted octanol–water partition coefficient (Wildman–Crippen LogP) is 3.31. The van der Waals surface area contributed by atoms with Crippen LogP contribution < -0.4 is 5.32 Å². The van der Waals surface area contributed by atoms with Crippen LogP contribution in [0, 0.1) is 5.92 Å². The van der Waals surface area contributed by atoms with Gasteiger partial charge in [0.05, 0.1) is 5.56 Å². The molecule has 2 fully saturated rings. The van der Waals surface area contributed by atoms with Gasteiger partial charge in [0.1, 0.15) is 5.82 Å². The summed E-state index contributed by atoms with van der Waals surface area (Å²) in [6, 6.07) is 4.79. The van der Waals surface area contributed by atoms with Gasteiger partial charge < -0.3 is 10.2 Å². The van der Waals surface area contributed by atoms with E-state index in [2.05, 4.69) is 17.2 Å². The van der Waals surface area contributed by atoms with Crippen molar-refractivity contribution in [3.63, 3.8) is 0 Å². The molecule has 2 aliphatic carbocycles. The molecule has 1 aromatic heterocycles. The maximum atomic E-state index is 12.5. The Hall–Kier alpha value is -1.58. The van der Waals surface area contributed by atoms with E-state index in [0.29, 0.717) is 17.6 Å². The minimum absolute atomic E-state index is 0.0972. The number of hydrogen-bond acceptors (Lipinski definition) is 3. The van der Waals surface area contributed by atoms with Crippen LogP contribution in [0.25, 0.3) is 0 Å². The number of carbonyl (C=O) groups excluding carboxylic acids is 1. The number of nitrogens with one attached hydrogen (secondary N) is 1. The van der Waals surface area contributed by atoms with E-state index in [0.717, 1.165) is 24.6 Å². The molecule has 2 saturated carbocycles. The lowest BCUT2D eigenvalue weighted by Gasteiger charge is -2.33. The van der Waals surface area contributed by atoms with E-state index >= 15 is 0 Å². The minimum Gasteiger partial charge on any atom is -0.367 e. The Labute approximate surface area is 126 Å². The maximum Gasteiger partial charge on any atom is 0.255 e. The van der Waals surface area contributed by atoms with Gasteiger partial charge in [0.2, 0.25) is 0 Å². The first-order chi connectivity index (χ1) is 10.1. The summed E-state index contributed by atoms with van der Waals surface area (Å²) in [6.07, 6.45) is 8.86. The summed E-state index contributed by atoms with van der Waals surface area (Å²) in [6.45, 7) is 2.30. The summed E-state index contributed by atoms with van der Waals surface area (Å²) in [7, 11) is 1.93. The van der Waals surface area contributed by atoms with Gasteiger partial charge in [0, 0.05) is 25.3 Å². The van der Waals surface area contributed by atoms with Gasteiger partial charge in [0.15, 0.2) is 0 Å². The molecular weight excluding hydrogens is 262 g/mol. The summed E-state index contributed by atoms with van der Waals surface area (Å²) in [4.78, 5) is 18.8. The fraction of sp³-hybridized carbons (Fsp3) is 0.647. The van der Waals surface area contributed by atoms with Gasteiger partial charge in [-0.05, 0) is 56.6 Å². The van der Waals surface area contributed by atoms with E-state index in [4.69, 9.17) is 0 Å². The second-order valence-electron chi connectivity index (χ2n) is 6.68. The quantitative estimate of drug-likeness (QED) is 0.924. The average Bonchev–Trinajstić information content (AvgIpc) is 3.31. The Morgan fingerprint density at radius 1 is 1.19 bits per heavy atom. The number of aromatic nitrogens is 1. The van der Waals surface area contributed by atoms with Crippen LogP contribution >= 0.6 is 0 Å². The number of anilines is 1. The second kappa shape index (κ2) is 6.04. The second-order valence-corrected chi connectivity index (χ2v) is 6.68. The highest BCUT2D eigenvalue weighted by atomic mass is 16.2. The van der Waals surface area contributed by atoms with Crippen LogP contribution in [0.3, 0.4) is 0 Å². The summed E-state index contributed by atoms with van der Waals surface area (Å²) in [5, 5.41) is 3.34. The molecule has 0 radical (unpaired) electrons. The van der Waals surface area contributed by atoms with E-state index in [1.165, 1.54) is 25.7 Å². The lowest BCUT2D eigenvalue weighted by Crippen LogP contribution is -2.39. The van der Waals surface area contributed by atoms with Crippen LogP contribution in [0.1, 0.15) is 55.8 Å². The van der Waals surface area contributed by atoms with Crippen molar-refractivity contribution in [3.05, 3.63) is 23.9 Å². The molecule has 3 rings (SSSR count). The van der Waals surface area contributed by atoms with Crippen molar-refractivity contribution in [1.29, 1.82) is 0 Å². The third kappa shape index (κ3) is 3.55. The topological polar surface area (TPSA) is 45.2 Å². The fourth-order valence-electron chi connectivity index (χ4n) is 3.04. The molecule has 0 saturated heterocycles. The minimum atomic E-state index is 0.0972. The Balaban J connectivity index is 1.60.